The first kappa shape index (κ1) is 5.42. The van der Waals surface area contributed by atoms with Gasteiger partial charge in [0.15, 0.2) is 0 Å². The summed E-state index contributed by atoms with van der Waals surface area (Å²) in [6.45, 7) is 0. The molecule has 0 amide bonds. The summed E-state index contributed by atoms with van der Waals surface area (Å²) in [4.78, 5) is 0. The summed E-state index contributed by atoms with van der Waals surface area (Å²) < 4.78 is 0.613. The molecule has 0 saturated carbocycles. The number of halogens is 2. The number of hydrogen-bond acceptors (Lipinski definition) is 1. The van der Waals surface area contributed by atoms with Gasteiger partial charge >= 0.3 is 0 Å². The lowest BCUT2D eigenvalue weighted by atomic mass is 10.7. The average Bonchev–Trinajstić information content (AvgIpc) is 1.91. The maximum atomic E-state index is 5.48. The molecule has 37 valence electrons. The highest BCUT2D eigenvalue weighted by Gasteiger charge is 1.93. The lowest BCUT2D eigenvalue weighted by Crippen LogP contribution is -1.44. The second-order valence-corrected chi connectivity index (χ2v) is 2.83. The third kappa shape index (κ3) is 1.09. The van der Waals surface area contributed by atoms with E-state index < -0.39 is 0 Å². The fourth-order valence-corrected chi connectivity index (χ4v) is 1.13. The van der Waals surface area contributed by atoms with Crippen LogP contribution in [0, 0.1) is 6.07 Å². The molecule has 1 heterocycles. The lowest BCUT2D eigenvalue weighted by molar-refractivity contribution is 1.97. The van der Waals surface area contributed by atoms with Gasteiger partial charge in [0, 0.05) is 11.4 Å². The molecule has 7 heavy (non-hydrogen) atoms. The van der Waals surface area contributed by atoms with Crippen LogP contribution in [0.2, 0.25) is 9.36 Å². The maximum Gasteiger partial charge on any atom is 0.112 e. The Morgan fingerprint density at radius 2 is 2.29 bits per heavy atom. The Morgan fingerprint density at radius 1 is 1.57 bits per heavy atom. The highest BCUT2D eigenvalue weighted by Crippen LogP contribution is 2.25. The van der Waals surface area contributed by atoms with E-state index in [1.807, 2.05) is 0 Å². The van der Waals surface area contributed by atoms with Crippen LogP contribution in [0.5, 0.6) is 0 Å². The van der Waals surface area contributed by atoms with E-state index in [1.54, 1.807) is 5.38 Å². The number of thiophene rings is 1. The molecule has 1 aromatic heterocycles. The number of hydrogen-bond donors (Lipinski definition) is 0. The summed E-state index contributed by atoms with van der Waals surface area (Å²) >= 11 is 12.3. The Bertz CT molecular complexity index is 142. The first-order valence-electron chi connectivity index (χ1n) is 1.61. The molecule has 0 aromatic carbocycles. The second-order valence-electron chi connectivity index (χ2n) is 0.968. The predicted octanol–water partition coefficient (Wildman–Crippen LogP) is 2.86. The average molecular weight is 152 g/mol. The molecule has 1 aromatic rings. The highest BCUT2D eigenvalue weighted by atomic mass is 35.5. The van der Waals surface area contributed by atoms with Crippen LogP contribution >= 0.6 is 34.5 Å². The van der Waals surface area contributed by atoms with Crippen molar-refractivity contribution in [2.24, 2.45) is 0 Å². The normalized spacial score (nSPS) is 9.43. The van der Waals surface area contributed by atoms with Gasteiger partial charge in [-0.3, -0.25) is 0 Å². The molecule has 0 fully saturated rings. The minimum Gasteiger partial charge on any atom is -0.130 e. The highest BCUT2D eigenvalue weighted by molar-refractivity contribution is 7.15. The maximum absolute atomic E-state index is 5.48. The molecule has 0 N–H and O–H groups in total. The standard InChI is InChI=1S/C4HCl2S/c5-3-1-2-7-4(3)6/h2H. The summed E-state index contributed by atoms with van der Waals surface area (Å²) in [5, 5.41) is 2.25. The molecule has 0 bridgehead atoms. The van der Waals surface area contributed by atoms with Crippen LogP contribution in [0.25, 0.3) is 0 Å². The summed E-state index contributed by atoms with van der Waals surface area (Å²) in [6, 6.07) is 2.72. The Kier molecular flexibility index (Phi) is 1.57. The Morgan fingerprint density at radius 3 is 2.43 bits per heavy atom. The van der Waals surface area contributed by atoms with Crippen molar-refractivity contribution in [3.8, 4) is 0 Å². The van der Waals surface area contributed by atoms with Crippen molar-refractivity contribution in [3.05, 3.63) is 20.8 Å². The third-order valence-corrected chi connectivity index (χ3v) is 2.13. The molecular weight excluding hydrogens is 151 g/mol. The van der Waals surface area contributed by atoms with Gasteiger partial charge in [0.05, 0.1) is 5.02 Å². The van der Waals surface area contributed by atoms with Gasteiger partial charge in [0.25, 0.3) is 0 Å². The molecule has 0 saturated heterocycles. The van der Waals surface area contributed by atoms with Crippen LogP contribution in [0.4, 0.5) is 0 Å². The quantitative estimate of drug-likeness (QED) is 0.536. The molecule has 1 rings (SSSR count). The molecule has 0 atom stereocenters. The SMILES string of the molecule is Clc1[c]csc1Cl. The predicted molar refractivity (Wildman–Crippen MR) is 33.2 cm³/mol. The Labute approximate surface area is 55.7 Å². The van der Waals surface area contributed by atoms with Crippen LogP contribution in [-0.4, -0.2) is 0 Å². The zero-order valence-electron chi connectivity index (χ0n) is 3.24. The smallest absolute Gasteiger partial charge is 0.112 e. The first-order chi connectivity index (χ1) is 3.30. The van der Waals surface area contributed by atoms with Gasteiger partial charge in [0.1, 0.15) is 4.34 Å². The van der Waals surface area contributed by atoms with Crippen molar-refractivity contribution >= 4 is 34.5 Å². The van der Waals surface area contributed by atoms with Crippen molar-refractivity contribution in [1.29, 1.82) is 0 Å². The number of rotatable bonds is 0. The topological polar surface area (TPSA) is 0 Å². The van der Waals surface area contributed by atoms with Crippen molar-refractivity contribution in [2.45, 2.75) is 0 Å². The zero-order chi connectivity index (χ0) is 5.28. The van der Waals surface area contributed by atoms with Crippen LogP contribution in [0.15, 0.2) is 5.38 Å². The van der Waals surface area contributed by atoms with Crippen LogP contribution in [0.1, 0.15) is 0 Å². The van der Waals surface area contributed by atoms with E-state index in [9.17, 15) is 0 Å². The lowest BCUT2D eigenvalue weighted by Gasteiger charge is -1.73. The van der Waals surface area contributed by atoms with Gasteiger partial charge < -0.3 is 0 Å². The van der Waals surface area contributed by atoms with Crippen molar-refractivity contribution in [1.82, 2.24) is 0 Å². The van der Waals surface area contributed by atoms with Crippen molar-refractivity contribution < 1.29 is 0 Å². The van der Waals surface area contributed by atoms with Gasteiger partial charge in [-0.15, -0.1) is 11.3 Å². The van der Waals surface area contributed by atoms with Gasteiger partial charge in [-0.2, -0.15) is 0 Å². The van der Waals surface area contributed by atoms with Gasteiger partial charge in [0.2, 0.25) is 0 Å². The van der Waals surface area contributed by atoms with Crippen LogP contribution < -0.4 is 0 Å². The first-order valence-corrected chi connectivity index (χ1v) is 3.24. The van der Waals surface area contributed by atoms with Crippen LogP contribution in [0.3, 0.4) is 0 Å². The molecule has 1 radical (unpaired) electrons. The second kappa shape index (κ2) is 2.03. The van der Waals surface area contributed by atoms with E-state index in [0.717, 1.165) is 0 Å². The largest absolute Gasteiger partial charge is 0.130 e. The fourth-order valence-electron chi connectivity index (χ4n) is 0.241. The molecular formula is C4HCl2S. The fraction of sp³-hybridized carbons (Fsp3) is 0. The van der Waals surface area contributed by atoms with E-state index in [0.29, 0.717) is 9.36 Å². The monoisotopic (exact) mass is 151 g/mol. The van der Waals surface area contributed by atoms with E-state index in [-0.39, 0.29) is 0 Å². The van der Waals surface area contributed by atoms with Crippen LogP contribution in [-0.2, 0) is 0 Å². The van der Waals surface area contributed by atoms with Gasteiger partial charge in [-0.25, -0.2) is 0 Å². The van der Waals surface area contributed by atoms with Gasteiger partial charge in [-0.1, -0.05) is 23.2 Å². The van der Waals surface area contributed by atoms with E-state index >= 15 is 0 Å². The summed E-state index contributed by atoms with van der Waals surface area (Å²) in [5.41, 5.74) is 0. The van der Waals surface area contributed by atoms with E-state index in [4.69, 9.17) is 23.2 Å². The Hall–Kier alpha value is 0.280. The Balaban J connectivity index is 3.12. The van der Waals surface area contributed by atoms with E-state index in [1.165, 1.54) is 11.3 Å². The molecule has 0 unspecified atom stereocenters. The minimum atomic E-state index is 0.520. The molecule has 0 aliphatic rings. The van der Waals surface area contributed by atoms with Crippen molar-refractivity contribution in [2.75, 3.05) is 0 Å². The van der Waals surface area contributed by atoms with E-state index in [2.05, 4.69) is 6.07 Å². The summed E-state index contributed by atoms with van der Waals surface area (Å²) in [7, 11) is 0. The summed E-state index contributed by atoms with van der Waals surface area (Å²) in [5.74, 6) is 0. The van der Waals surface area contributed by atoms with Crippen molar-refractivity contribution in [3.63, 3.8) is 0 Å². The molecule has 0 spiro atoms. The van der Waals surface area contributed by atoms with Gasteiger partial charge in [-0.05, 0) is 0 Å². The molecule has 0 aliphatic carbocycles. The molecule has 0 nitrogen and oxygen atoms in total. The summed E-state index contributed by atoms with van der Waals surface area (Å²) in [6.07, 6.45) is 0. The third-order valence-electron chi connectivity index (χ3n) is 0.521. The zero-order valence-corrected chi connectivity index (χ0v) is 5.57. The minimum absolute atomic E-state index is 0.520. The molecule has 3 heteroatoms. The molecule has 0 aliphatic heterocycles.